The Labute approximate surface area is 118 Å². The monoisotopic (exact) mass is 272 g/mol. The summed E-state index contributed by atoms with van der Waals surface area (Å²) in [6.07, 6.45) is 1.07. The summed E-state index contributed by atoms with van der Waals surface area (Å²) in [6, 6.07) is 9.01. The van der Waals surface area contributed by atoms with Gasteiger partial charge in [0, 0.05) is 29.7 Å². The van der Waals surface area contributed by atoms with Gasteiger partial charge in [-0.1, -0.05) is 12.1 Å². The first kappa shape index (κ1) is 12.7. The molecule has 2 heterocycles. The van der Waals surface area contributed by atoms with Gasteiger partial charge in [-0.3, -0.25) is 4.90 Å². The van der Waals surface area contributed by atoms with E-state index in [0.717, 1.165) is 25.2 Å². The van der Waals surface area contributed by atoms with Crippen molar-refractivity contribution in [3.8, 4) is 0 Å². The third kappa shape index (κ3) is 2.28. The highest BCUT2D eigenvalue weighted by Gasteiger charge is 2.24. The van der Waals surface area contributed by atoms with Gasteiger partial charge in [0.1, 0.15) is 0 Å². The lowest BCUT2D eigenvalue weighted by Gasteiger charge is -2.34. The van der Waals surface area contributed by atoms with Crippen molar-refractivity contribution >= 4 is 17.0 Å². The molecule has 1 unspecified atom stereocenters. The van der Waals surface area contributed by atoms with Crippen LogP contribution in [0.4, 0.5) is 5.69 Å². The minimum atomic E-state index is 0.495. The van der Waals surface area contributed by atoms with Gasteiger partial charge in [-0.15, -0.1) is 11.3 Å². The Morgan fingerprint density at radius 3 is 2.89 bits per heavy atom. The zero-order valence-corrected chi connectivity index (χ0v) is 12.3. The summed E-state index contributed by atoms with van der Waals surface area (Å²) in [5, 5.41) is 2.19. The van der Waals surface area contributed by atoms with Crippen LogP contribution < -0.4 is 5.73 Å². The predicted octanol–water partition coefficient (Wildman–Crippen LogP) is 3.76. The zero-order chi connectivity index (χ0) is 13.4. The molecule has 0 saturated carbocycles. The molecule has 0 saturated heterocycles. The molecule has 0 aliphatic carbocycles. The minimum absolute atomic E-state index is 0.495. The van der Waals surface area contributed by atoms with Crippen LogP contribution in [-0.4, -0.2) is 11.4 Å². The van der Waals surface area contributed by atoms with E-state index in [-0.39, 0.29) is 0 Å². The molecule has 2 N–H and O–H groups in total. The maximum atomic E-state index is 6.07. The minimum Gasteiger partial charge on any atom is -0.398 e. The number of rotatable bonds is 2. The van der Waals surface area contributed by atoms with Crippen LogP contribution in [0, 0.1) is 6.92 Å². The standard InChI is InChI=1S/C16H20N2S/c1-11-7-9-19-16(11)12(2)18-8-6-14-13(10-18)4-3-5-15(14)17/h3-5,7,9,12H,6,8,10,17H2,1-2H3. The first-order valence-electron chi connectivity index (χ1n) is 6.81. The smallest absolute Gasteiger partial charge is 0.0419 e. The highest BCUT2D eigenvalue weighted by molar-refractivity contribution is 7.10. The summed E-state index contributed by atoms with van der Waals surface area (Å²) in [5.74, 6) is 0. The van der Waals surface area contributed by atoms with Gasteiger partial charge in [0.2, 0.25) is 0 Å². The van der Waals surface area contributed by atoms with E-state index in [9.17, 15) is 0 Å². The second kappa shape index (κ2) is 4.99. The van der Waals surface area contributed by atoms with E-state index < -0.39 is 0 Å². The molecule has 1 aromatic heterocycles. The Morgan fingerprint density at radius 1 is 1.32 bits per heavy atom. The molecular formula is C16H20N2S. The molecule has 2 aromatic rings. The van der Waals surface area contributed by atoms with Gasteiger partial charge >= 0.3 is 0 Å². The van der Waals surface area contributed by atoms with Crippen LogP contribution in [-0.2, 0) is 13.0 Å². The summed E-state index contributed by atoms with van der Waals surface area (Å²) in [4.78, 5) is 4.05. The predicted molar refractivity (Wildman–Crippen MR) is 82.4 cm³/mol. The number of nitrogens with zero attached hydrogens (tertiary/aromatic N) is 1. The third-order valence-corrected chi connectivity index (χ3v) is 5.35. The highest BCUT2D eigenvalue weighted by Crippen LogP contribution is 2.33. The molecule has 3 rings (SSSR count). The summed E-state index contributed by atoms with van der Waals surface area (Å²) < 4.78 is 0. The van der Waals surface area contributed by atoms with Crippen molar-refractivity contribution in [2.45, 2.75) is 32.9 Å². The number of hydrogen-bond donors (Lipinski definition) is 1. The third-order valence-electron chi connectivity index (χ3n) is 4.16. The fourth-order valence-electron chi connectivity index (χ4n) is 2.97. The molecule has 0 bridgehead atoms. The maximum Gasteiger partial charge on any atom is 0.0419 e. The van der Waals surface area contributed by atoms with Gasteiger partial charge in [0.25, 0.3) is 0 Å². The highest BCUT2D eigenvalue weighted by atomic mass is 32.1. The molecule has 3 heteroatoms. The van der Waals surface area contributed by atoms with Crippen LogP contribution >= 0.6 is 11.3 Å². The molecule has 0 amide bonds. The van der Waals surface area contributed by atoms with E-state index in [2.05, 4.69) is 42.3 Å². The van der Waals surface area contributed by atoms with Crippen molar-refractivity contribution in [1.82, 2.24) is 4.90 Å². The number of aryl methyl sites for hydroxylation is 1. The molecule has 1 aliphatic heterocycles. The number of nitrogens with two attached hydrogens (primary N) is 1. The normalized spacial score (nSPS) is 17.2. The molecule has 100 valence electrons. The molecule has 19 heavy (non-hydrogen) atoms. The molecule has 0 fully saturated rings. The molecule has 1 aliphatic rings. The van der Waals surface area contributed by atoms with Gasteiger partial charge in [0.05, 0.1) is 0 Å². The number of anilines is 1. The van der Waals surface area contributed by atoms with Gasteiger partial charge < -0.3 is 5.73 Å². The lowest BCUT2D eigenvalue weighted by Crippen LogP contribution is -2.33. The first-order chi connectivity index (χ1) is 9.16. The van der Waals surface area contributed by atoms with E-state index >= 15 is 0 Å². The summed E-state index contributed by atoms with van der Waals surface area (Å²) in [6.45, 7) is 6.63. The fourth-order valence-corrected chi connectivity index (χ4v) is 3.99. The Morgan fingerprint density at radius 2 is 2.16 bits per heavy atom. The van der Waals surface area contributed by atoms with Gasteiger partial charge in [0.15, 0.2) is 0 Å². The van der Waals surface area contributed by atoms with Crippen LogP contribution in [0.3, 0.4) is 0 Å². The van der Waals surface area contributed by atoms with Crippen LogP contribution in [0.5, 0.6) is 0 Å². The number of hydrogen-bond acceptors (Lipinski definition) is 3. The Kier molecular flexibility index (Phi) is 3.33. The molecular weight excluding hydrogens is 252 g/mol. The second-order valence-corrected chi connectivity index (χ2v) is 6.30. The summed E-state index contributed by atoms with van der Waals surface area (Å²) in [7, 11) is 0. The lowest BCUT2D eigenvalue weighted by molar-refractivity contribution is 0.194. The average Bonchev–Trinajstić information content (AvgIpc) is 2.84. The van der Waals surface area contributed by atoms with Crippen molar-refractivity contribution in [3.05, 3.63) is 51.2 Å². The first-order valence-corrected chi connectivity index (χ1v) is 7.69. The molecule has 2 nitrogen and oxygen atoms in total. The van der Waals surface area contributed by atoms with Gasteiger partial charge in [-0.2, -0.15) is 0 Å². The van der Waals surface area contributed by atoms with E-state index in [1.807, 2.05) is 17.4 Å². The van der Waals surface area contributed by atoms with Crippen molar-refractivity contribution in [3.63, 3.8) is 0 Å². The van der Waals surface area contributed by atoms with Crippen LogP contribution in [0.2, 0.25) is 0 Å². The SMILES string of the molecule is Cc1ccsc1C(C)N1CCc2c(N)cccc2C1. The van der Waals surface area contributed by atoms with Crippen molar-refractivity contribution < 1.29 is 0 Å². The van der Waals surface area contributed by atoms with E-state index in [0.29, 0.717) is 6.04 Å². The topological polar surface area (TPSA) is 29.3 Å². The van der Waals surface area contributed by atoms with Crippen molar-refractivity contribution in [2.24, 2.45) is 0 Å². The van der Waals surface area contributed by atoms with Crippen LogP contribution in [0.15, 0.2) is 29.6 Å². The summed E-state index contributed by atoms with van der Waals surface area (Å²) >= 11 is 1.87. The number of fused-ring (bicyclic) bond motifs is 1. The van der Waals surface area contributed by atoms with Crippen molar-refractivity contribution in [1.29, 1.82) is 0 Å². The van der Waals surface area contributed by atoms with E-state index in [1.54, 1.807) is 0 Å². The quantitative estimate of drug-likeness (QED) is 0.843. The summed E-state index contributed by atoms with van der Waals surface area (Å²) in [5.41, 5.74) is 11.2. The Balaban J connectivity index is 1.84. The fraction of sp³-hybridized carbons (Fsp3) is 0.375. The van der Waals surface area contributed by atoms with E-state index in [1.165, 1.54) is 21.6 Å². The maximum absolute atomic E-state index is 6.07. The Hall–Kier alpha value is -1.32. The second-order valence-electron chi connectivity index (χ2n) is 5.35. The van der Waals surface area contributed by atoms with Crippen LogP contribution in [0.1, 0.15) is 34.5 Å². The molecule has 0 spiro atoms. The van der Waals surface area contributed by atoms with Crippen LogP contribution in [0.25, 0.3) is 0 Å². The number of nitrogen functional groups attached to an aromatic ring is 1. The van der Waals surface area contributed by atoms with Crippen molar-refractivity contribution in [2.75, 3.05) is 12.3 Å². The molecule has 0 radical (unpaired) electrons. The number of thiophene rings is 1. The largest absolute Gasteiger partial charge is 0.398 e. The Bertz CT molecular complexity index is 588. The molecule has 1 aromatic carbocycles. The molecule has 1 atom stereocenters. The van der Waals surface area contributed by atoms with E-state index in [4.69, 9.17) is 5.73 Å². The number of benzene rings is 1. The average molecular weight is 272 g/mol. The van der Waals surface area contributed by atoms with Gasteiger partial charge in [-0.05, 0) is 54.5 Å². The lowest BCUT2D eigenvalue weighted by atomic mass is 9.96. The van der Waals surface area contributed by atoms with Gasteiger partial charge in [-0.25, -0.2) is 0 Å². The zero-order valence-electron chi connectivity index (χ0n) is 11.5.